The third-order valence-electron chi connectivity index (χ3n) is 4.46. The second-order valence-corrected chi connectivity index (χ2v) is 7.56. The molecule has 1 aromatic rings. The summed E-state index contributed by atoms with van der Waals surface area (Å²) in [5, 5.41) is 33.4. The first-order chi connectivity index (χ1) is 15.9. The smallest absolute Gasteiger partial charge is 0.327 e. The lowest BCUT2D eigenvalue weighted by Gasteiger charge is -2.23. The van der Waals surface area contributed by atoms with E-state index >= 15 is 0 Å². The maximum absolute atomic E-state index is 12.6. The molecule has 0 radical (unpaired) electrons. The van der Waals surface area contributed by atoms with Gasteiger partial charge >= 0.3 is 17.9 Å². The van der Waals surface area contributed by atoms with E-state index in [-0.39, 0.29) is 12.2 Å². The molecule has 0 bridgehead atoms. The van der Waals surface area contributed by atoms with E-state index < -0.39 is 72.6 Å². The Balaban J connectivity index is 2.94. The molecule has 0 aliphatic heterocycles. The molecular weight excluding hydrogens is 472 g/mol. The predicted octanol–water partition coefficient (Wildman–Crippen LogP) is -2.03. The second kappa shape index (κ2) is 13.8. The van der Waals surface area contributed by atoms with Crippen LogP contribution in [0.15, 0.2) is 30.3 Å². The molecule has 8 N–H and O–H groups in total. The third kappa shape index (κ3) is 9.87. The number of amides is 3. The molecule has 0 aliphatic carbocycles. The van der Waals surface area contributed by atoms with Crippen molar-refractivity contribution >= 4 is 48.3 Å². The van der Waals surface area contributed by atoms with Crippen molar-refractivity contribution in [2.75, 3.05) is 5.75 Å². The number of thiol groups is 1. The molecule has 1 rings (SSSR count). The third-order valence-corrected chi connectivity index (χ3v) is 4.82. The van der Waals surface area contributed by atoms with Gasteiger partial charge < -0.3 is 37.0 Å². The summed E-state index contributed by atoms with van der Waals surface area (Å²) in [7, 11) is 0. The van der Waals surface area contributed by atoms with Gasteiger partial charge in [0.2, 0.25) is 17.7 Å². The Morgan fingerprint density at radius 3 is 1.62 bits per heavy atom. The Morgan fingerprint density at radius 2 is 1.21 bits per heavy atom. The van der Waals surface area contributed by atoms with E-state index in [2.05, 4.69) is 17.9 Å². The fourth-order valence-electron chi connectivity index (χ4n) is 2.74. The number of hydrogen-bond acceptors (Lipinski definition) is 8. The minimum absolute atomic E-state index is 0.0957. The zero-order valence-electron chi connectivity index (χ0n) is 17.8. The Labute approximate surface area is 199 Å². The molecule has 13 nitrogen and oxygen atoms in total. The molecule has 3 amide bonds. The van der Waals surface area contributed by atoms with E-state index in [0.29, 0.717) is 0 Å². The van der Waals surface area contributed by atoms with E-state index in [0.717, 1.165) is 5.56 Å². The van der Waals surface area contributed by atoms with Crippen LogP contribution in [-0.4, -0.2) is 80.9 Å². The monoisotopic (exact) mass is 498 g/mol. The van der Waals surface area contributed by atoms with E-state index in [9.17, 15) is 28.8 Å². The second-order valence-electron chi connectivity index (χ2n) is 7.20. The summed E-state index contributed by atoms with van der Waals surface area (Å²) >= 11 is 3.78. The first-order valence-electron chi connectivity index (χ1n) is 9.92. The van der Waals surface area contributed by atoms with Gasteiger partial charge in [0.05, 0.1) is 18.9 Å². The normalized spacial score (nSPS) is 14.1. The van der Waals surface area contributed by atoms with Gasteiger partial charge in [-0.25, -0.2) is 4.79 Å². The maximum Gasteiger partial charge on any atom is 0.327 e. The van der Waals surface area contributed by atoms with Gasteiger partial charge in [-0.05, 0) is 12.0 Å². The first kappa shape index (κ1) is 28.4. The van der Waals surface area contributed by atoms with Crippen molar-refractivity contribution in [2.45, 2.75) is 43.4 Å². The number of aliphatic carboxylic acids is 3. The highest BCUT2D eigenvalue weighted by Crippen LogP contribution is 2.04. The summed E-state index contributed by atoms with van der Waals surface area (Å²) in [4.78, 5) is 70.9. The van der Waals surface area contributed by atoms with E-state index in [4.69, 9.17) is 21.1 Å². The van der Waals surface area contributed by atoms with Crippen LogP contribution in [0, 0.1) is 0 Å². The molecule has 0 saturated carbocycles. The molecule has 0 spiro atoms. The molecule has 0 fully saturated rings. The van der Waals surface area contributed by atoms with Crippen molar-refractivity contribution < 1.29 is 44.1 Å². The number of benzene rings is 1. The van der Waals surface area contributed by atoms with Gasteiger partial charge in [0.1, 0.15) is 18.1 Å². The first-order valence-corrected chi connectivity index (χ1v) is 10.6. The van der Waals surface area contributed by atoms with Crippen molar-refractivity contribution in [3.63, 3.8) is 0 Å². The number of carboxylic acids is 3. The van der Waals surface area contributed by atoms with Crippen LogP contribution in [0.4, 0.5) is 0 Å². The summed E-state index contributed by atoms with van der Waals surface area (Å²) < 4.78 is 0. The lowest BCUT2D eigenvalue weighted by Crippen LogP contribution is -2.58. The number of hydrogen-bond donors (Lipinski definition) is 8. The van der Waals surface area contributed by atoms with Crippen LogP contribution in [-0.2, 0) is 35.2 Å². The fourth-order valence-corrected chi connectivity index (χ4v) is 2.98. The number of carbonyl (C=O) groups excluding carboxylic acids is 3. The molecule has 0 aromatic heterocycles. The number of rotatable bonds is 14. The van der Waals surface area contributed by atoms with Crippen LogP contribution < -0.4 is 21.7 Å². The summed E-state index contributed by atoms with van der Waals surface area (Å²) in [5.74, 6) is -7.86. The number of carbonyl (C=O) groups is 6. The molecule has 186 valence electrons. The van der Waals surface area contributed by atoms with Crippen LogP contribution >= 0.6 is 12.6 Å². The Hall–Kier alpha value is -3.65. The average molecular weight is 499 g/mol. The van der Waals surface area contributed by atoms with Gasteiger partial charge in [-0.15, -0.1) is 0 Å². The Bertz CT molecular complexity index is 913. The molecule has 0 saturated heterocycles. The van der Waals surface area contributed by atoms with Gasteiger partial charge in [-0.2, -0.15) is 12.6 Å². The van der Waals surface area contributed by atoms with E-state index in [1.807, 2.05) is 10.6 Å². The van der Waals surface area contributed by atoms with Gasteiger partial charge in [-0.3, -0.25) is 24.0 Å². The lowest BCUT2D eigenvalue weighted by molar-refractivity contribution is -0.144. The molecule has 34 heavy (non-hydrogen) atoms. The zero-order valence-corrected chi connectivity index (χ0v) is 18.7. The molecule has 0 heterocycles. The lowest BCUT2D eigenvalue weighted by atomic mass is 10.0. The molecule has 0 aliphatic rings. The van der Waals surface area contributed by atoms with Gasteiger partial charge in [0, 0.05) is 5.75 Å². The number of carboxylic acid groups (broad SMARTS) is 3. The SMILES string of the molecule is NC(Cc1ccccc1)C(=O)NC(CC(=O)O)C(=O)NC(CC(=O)O)C(=O)NC(CS)C(=O)O. The van der Waals surface area contributed by atoms with Crippen molar-refractivity contribution in [3.05, 3.63) is 35.9 Å². The summed E-state index contributed by atoms with van der Waals surface area (Å²) in [6, 6.07) is 2.65. The Morgan fingerprint density at radius 1 is 0.765 bits per heavy atom. The molecule has 14 heteroatoms. The number of nitrogens with one attached hydrogen (secondary N) is 3. The van der Waals surface area contributed by atoms with Gasteiger partial charge in [0.15, 0.2) is 0 Å². The van der Waals surface area contributed by atoms with Crippen LogP contribution in [0.2, 0.25) is 0 Å². The van der Waals surface area contributed by atoms with Crippen molar-refractivity contribution in [1.82, 2.24) is 16.0 Å². The Kier molecular flexibility index (Phi) is 11.5. The summed E-state index contributed by atoms with van der Waals surface area (Å²) in [5.41, 5.74) is 6.57. The fraction of sp³-hybridized carbons (Fsp3) is 0.400. The van der Waals surface area contributed by atoms with Crippen molar-refractivity contribution in [2.24, 2.45) is 5.73 Å². The van der Waals surface area contributed by atoms with Crippen LogP contribution in [0.25, 0.3) is 0 Å². The minimum Gasteiger partial charge on any atom is -0.481 e. The topological polar surface area (TPSA) is 225 Å². The van der Waals surface area contributed by atoms with E-state index in [1.54, 1.807) is 30.3 Å². The zero-order chi connectivity index (χ0) is 25.8. The number of nitrogens with two attached hydrogens (primary N) is 1. The highest BCUT2D eigenvalue weighted by Gasteiger charge is 2.32. The maximum atomic E-state index is 12.6. The van der Waals surface area contributed by atoms with Crippen LogP contribution in [0.3, 0.4) is 0 Å². The van der Waals surface area contributed by atoms with Gasteiger partial charge in [-0.1, -0.05) is 30.3 Å². The van der Waals surface area contributed by atoms with Crippen LogP contribution in [0.1, 0.15) is 18.4 Å². The van der Waals surface area contributed by atoms with E-state index in [1.165, 1.54) is 0 Å². The summed E-state index contributed by atoms with van der Waals surface area (Å²) in [6.45, 7) is 0. The van der Waals surface area contributed by atoms with Crippen molar-refractivity contribution in [3.8, 4) is 0 Å². The largest absolute Gasteiger partial charge is 0.481 e. The highest BCUT2D eigenvalue weighted by atomic mass is 32.1. The quantitative estimate of drug-likeness (QED) is 0.131. The average Bonchev–Trinajstić information content (AvgIpc) is 2.75. The standard InChI is InChI=1S/C20H26N4O9S/c21-11(6-10-4-2-1-3-5-10)17(29)22-12(7-15(25)26)18(30)23-13(8-16(27)28)19(31)24-14(9-34)20(32)33/h1-5,11-14,34H,6-9,21H2,(H,22,29)(H,23,30)(H,24,31)(H,25,26)(H,27,28)(H,32,33). The minimum atomic E-state index is -1.75. The van der Waals surface area contributed by atoms with Crippen molar-refractivity contribution in [1.29, 1.82) is 0 Å². The highest BCUT2D eigenvalue weighted by molar-refractivity contribution is 7.80. The summed E-state index contributed by atoms with van der Waals surface area (Å²) in [6.07, 6.45) is -1.72. The molecule has 4 unspecified atom stereocenters. The van der Waals surface area contributed by atoms with Crippen LogP contribution in [0.5, 0.6) is 0 Å². The molecule has 1 aromatic carbocycles. The predicted molar refractivity (Wildman–Crippen MR) is 120 cm³/mol. The van der Waals surface area contributed by atoms with Gasteiger partial charge in [0.25, 0.3) is 0 Å². The molecule has 4 atom stereocenters. The molecular formula is C20H26N4O9S.